The van der Waals surface area contributed by atoms with Crippen LogP contribution in [0.25, 0.3) is 0 Å². The van der Waals surface area contributed by atoms with Crippen molar-refractivity contribution in [3.05, 3.63) is 24.4 Å². The minimum absolute atomic E-state index is 0.0990. The maximum Gasteiger partial charge on any atom is 0.144 e. The van der Waals surface area contributed by atoms with E-state index in [-0.39, 0.29) is 12.1 Å². The zero-order chi connectivity index (χ0) is 10.1. The molecule has 2 heterocycles. The minimum Gasteiger partial charge on any atom is -0.392 e. The molecule has 0 aromatic rings. The summed E-state index contributed by atoms with van der Waals surface area (Å²) in [5.74, 6) is 0.0514. The van der Waals surface area contributed by atoms with E-state index >= 15 is 0 Å². The Morgan fingerprint density at radius 3 is 3.07 bits per heavy atom. The number of thiocarbonyl (C=S) groups is 1. The SMILES string of the molecule is N=C1C(C(N)=S)C=NC2C=CC=CN12. The molecule has 14 heavy (non-hydrogen) atoms. The van der Waals surface area contributed by atoms with Crippen LogP contribution in [0.1, 0.15) is 0 Å². The highest BCUT2D eigenvalue weighted by Crippen LogP contribution is 2.18. The predicted molar refractivity (Wildman–Crippen MR) is 60.4 cm³/mol. The summed E-state index contributed by atoms with van der Waals surface area (Å²) < 4.78 is 0. The smallest absolute Gasteiger partial charge is 0.144 e. The molecule has 0 radical (unpaired) electrons. The molecule has 2 aliphatic heterocycles. The fourth-order valence-electron chi connectivity index (χ4n) is 1.44. The topological polar surface area (TPSA) is 65.5 Å². The third kappa shape index (κ3) is 1.35. The maximum atomic E-state index is 7.88. The Balaban J connectivity index is 2.32. The second-order valence-electron chi connectivity index (χ2n) is 3.11. The first-order valence-electron chi connectivity index (χ1n) is 4.24. The number of nitrogens with two attached hydrogens (primary N) is 1. The van der Waals surface area contributed by atoms with Crippen LogP contribution in [-0.2, 0) is 0 Å². The Hall–Kier alpha value is -1.49. The minimum atomic E-state index is -0.336. The number of nitrogens with one attached hydrogen (secondary N) is 1. The van der Waals surface area contributed by atoms with Gasteiger partial charge in [0.1, 0.15) is 17.9 Å². The first-order valence-corrected chi connectivity index (χ1v) is 4.65. The maximum absolute atomic E-state index is 7.88. The average Bonchev–Trinajstić information content (AvgIpc) is 2.18. The lowest BCUT2D eigenvalue weighted by Crippen LogP contribution is -2.46. The van der Waals surface area contributed by atoms with E-state index < -0.39 is 0 Å². The van der Waals surface area contributed by atoms with Crippen LogP contribution in [-0.4, -0.2) is 28.1 Å². The fraction of sp³-hybridized carbons (Fsp3) is 0.222. The van der Waals surface area contributed by atoms with E-state index in [0.29, 0.717) is 10.8 Å². The van der Waals surface area contributed by atoms with Gasteiger partial charge in [0, 0.05) is 12.4 Å². The van der Waals surface area contributed by atoms with Crippen LogP contribution in [0.2, 0.25) is 0 Å². The summed E-state index contributed by atoms with van der Waals surface area (Å²) in [5, 5.41) is 7.88. The van der Waals surface area contributed by atoms with Crippen LogP contribution in [0.15, 0.2) is 29.4 Å². The van der Waals surface area contributed by atoms with Gasteiger partial charge in [-0.05, 0) is 12.2 Å². The summed E-state index contributed by atoms with van der Waals surface area (Å²) in [5.41, 5.74) is 5.51. The molecule has 2 rings (SSSR count). The number of fused-ring (bicyclic) bond motifs is 1. The number of nitrogens with zero attached hydrogens (tertiary/aromatic N) is 2. The molecular weight excluding hydrogens is 196 g/mol. The number of aliphatic imine (C=N–C) groups is 1. The Morgan fingerprint density at radius 2 is 2.36 bits per heavy atom. The van der Waals surface area contributed by atoms with Crippen molar-refractivity contribution in [2.45, 2.75) is 6.17 Å². The molecule has 0 aromatic carbocycles. The largest absolute Gasteiger partial charge is 0.392 e. The molecule has 0 aliphatic carbocycles. The Kier molecular flexibility index (Phi) is 2.17. The molecule has 5 heteroatoms. The lowest BCUT2D eigenvalue weighted by atomic mass is 10.1. The predicted octanol–water partition coefficient (Wildman–Crippen LogP) is 0.662. The Bertz CT molecular complexity index is 369. The van der Waals surface area contributed by atoms with Crippen molar-refractivity contribution < 1.29 is 0 Å². The summed E-state index contributed by atoms with van der Waals surface area (Å²) in [6, 6.07) is 0. The van der Waals surface area contributed by atoms with Crippen LogP contribution >= 0.6 is 12.2 Å². The molecule has 2 aliphatic rings. The highest BCUT2D eigenvalue weighted by atomic mass is 32.1. The van der Waals surface area contributed by atoms with Crippen molar-refractivity contribution in [2.75, 3.05) is 0 Å². The summed E-state index contributed by atoms with van der Waals surface area (Å²) in [6.07, 6.45) is 9.05. The normalized spacial score (nSPS) is 29.1. The van der Waals surface area contributed by atoms with Crippen LogP contribution in [0.4, 0.5) is 0 Å². The highest BCUT2D eigenvalue weighted by Gasteiger charge is 2.29. The van der Waals surface area contributed by atoms with Gasteiger partial charge in [0.15, 0.2) is 0 Å². The van der Waals surface area contributed by atoms with Gasteiger partial charge < -0.3 is 10.6 Å². The molecule has 2 atom stereocenters. The number of amidine groups is 1. The van der Waals surface area contributed by atoms with E-state index in [1.165, 1.54) is 0 Å². The average molecular weight is 206 g/mol. The van der Waals surface area contributed by atoms with Gasteiger partial charge in [-0.15, -0.1) is 0 Å². The molecule has 0 amide bonds. The number of rotatable bonds is 1. The first-order chi connectivity index (χ1) is 6.70. The van der Waals surface area contributed by atoms with Crippen molar-refractivity contribution in [1.82, 2.24) is 4.90 Å². The molecule has 72 valence electrons. The molecule has 0 bridgehead atoms. The molecule has 2 unspecified atom stereocenters. The Morgan fingerprint density at radius 1 is 1.57 bits per heavy atom. The third-order valence-corrected chi connectivity index (χ3v) is 2.45. The van der Waals surface area contributed by atoms with Crippen molar-refractivity contribution in [3.8, 4) is 0 Å². The van der Waals surface area contributed by atoms with Crippen LogP contribution in [0, 0.1) is 11.3 Å². The van der Waals surface area contributed by atoms with Gasteiger partial charge in [-0.1, -0.05) is 18.3 Å². The molecular formula is C9H10N4S. The summed E-state index contributed by atoms with van der Waals surface area (Å²) >= 11 is 4.86. The monoisotopic (exact) mass is 206 g/mol. The molecule has 3 N–H and O–H groups in total. The zero-order valence-electron chi connectivity index (χ0n) is 7.42. The quantitative estimate of drug-likeness (QED) is 0.619. The summed E-state index contributed by atoms with van der Waals surface area (Å²) in [7, 11) is 0. The van der Waals surface area contributed by atoms with Crippen LogP contribution < -0.4 is 5.73 Å². The zero-order valence-corrected chi connectivity index (χ0v) is 8.24. The molecule has 0 saturated heterocycles. The molecule has 0 aromatic heterocycles. The molecule has 0 fully saturated rings. The number of allylic oxidation sites excluding steroid dienone is 2. The molecule has 4 nitrogen and oxygen atoms in total. The van der Waals surface area contributed by atoms with Gasteiger partial charge in [0.25, 0.3) is 0 Å². The van der Waals surface area contributed by atoms with E-state index in [2.05, 4.69) is 4.99 Å². The van der Waals surface area contributed by atoms with Gasteiger partial charge in [0.05, 0.1) is 4.99 Å². The van der Waals surface area contributed by atoms with Crippen LogP contribution in [0.5, 0.6) is 0 Å². The van der Waals surface area contributed by atoms with Crippen molar-refractivity contribution in [1.29, 1.82) is 5.41 Å². The van der Waals surface area contributed by atoms with Crippen LogP contribution in [0.3, 0.4) is 0 Å². The molecule has 0 saturated carbocycles. The standard InChI is InChI=1S/C9H10N4S/c10-8-6(9(11)14)5-12-7-3-1-2-4-13(7)8/h1-7,10H,(H2,11,14). The number of hydrogen-bond acceptors (Lipinski definition) is 3. The lowest BCUT2D eigenvalue weighted by molar-refractivity contribution is 0.454. The van der Waals surface area contributed by atoms with Gasteiger partial charge >= 0.3 is 0 Å². The van der Waals surface area contributed by atoms with Crippen molar-refractivity contribution in [2.24, 2.45) is 16.6 Å². The summed E-state index contributed by atoms with van der Waals surface area (Å²) in [6.45, 7) is 0. The summed E-state index contributed by atoms with van der Waals surface area (Å²) in [4.78, 5) is 6.30. The van der Waals surface area contributed by atoms with E-state index in [1.54, 1.807) is 11.1 Å². The van der Waals surface area contributed by atoms with Gasteiger partial charge in [-0.25, -0.2) is 0 Å². The van der Waals surface area contributed by atoms with Gasteiger partial charge in [0.2, 0.25) is 0 Å². The fourth-order valence-corrected chi connectivity index (χ4v) is 1.62. The second kappa shape index (κ2) is 3.34. The van der Waals surface area contributed by atoms with E-state index in [0.717, 1.165) is 0 Å². The van der Waals surface area contributed by atoms with Gasteiger partial charge in [-0.3, -0.25) is 10.4 Å². The van der Waals surface area contributed by atoms with Gasteiger partial charge in [-0.2, -0.15) is 0 Å². The van der Waals surface area contributed by atoms with E-state index in [9.17, 15) is 0 Å². The van der Waals surface area contributed by atoms with E-state index in [4.69, 9.17) is 23.4 Å². The van der Waals surface area contributed by atoms with Crippen molar-refractivity contribution >= 4 is 29.3 Å². The Labute approximate surface area is 87.3 Å². The number of hydrogen-bond donors (Lipinski definition) is 2. The van der Waals surface area contributed by atoms with E-state index in [1.807, 2.05) is 24.4 Å². The lowest BCUT2D eigenvalue weighted by Gasteiger charge is -2.33. The second-order valence-corrected chi connectivity index (χ2v) is 3.58. The first kappa shape index (κ1) is 9.08. The van der Waals surface area contributed by atoms with Crippen molar-refractivity contribution in [3.63, 3.8) is 0 Å². The molecule has 0 spiro atoms. The third-order valence-electron chi connectivity index (χ3n) is 2.19. The highest BCUT2D eigenvalue weighted by molar-refractivity contribution is 7.80.